The van der Waals surface area contributed by atoms with Crippen LogP contribution in [0.15, 0.2) is 18.2 Å². The number of nitrogens with one attached hydrogen (secondary N) is 1. The fraction of sp³-hybridized carbons (Fsp3) is 0.625. The Morgan fingerprint density at radius 1 is 1.35 bits per heavy atom. The van der Waals surface area contributed by atoms with Crippen molar-refractivity contribution in [2.24, 2.45) is 17.7 Å². The fourth-order valence-corrected chi connectivity index (χ4v) is 3.84. The molecule has 2 rings (SSSR count). The minimum absolute atomic E-state index is 0.294. The molecular formula is C16H24Cl2N2. The average Bonchev–Trinajstić information content (AvgIpc) is 2.46. The number of nitrogens with two attached hydrogens (primary N) is 1. The molecule has 0 spiro atoms. The quantitative estimate of drug-likeness (QED) is 0.616. The van der Waals surface area contributed by atoms with E-state index >= 15 is 0 Å². The first kappa shape index (κ1) is 16.1. The van der Waals surface area contributed by atoms with Crippen LogP contribution >= 0.6 is 23.2 Å². The Labute approximate surface area is 132 Å². The monoisotopic (exact) mass is 314 g/mol. The summed E-state index contributed by atoms with van der Waals surface area (Å²) < 4.78 is 0. The summed E-state index contributed by atoms with van der Waals surface area (Å²) in [5.41, 5.74) is 4.14. The Morgan fingerprint density at radius 2 is 2.15 bits per heavy atom. The van der Waals surface area contributed by atoms with E-state index < -0.39 is 0 Å². The predicted octanol–water partition coefficient (Wildman–Crippen LogP) is 4.58. The summed E-state index contributed by atoms with van der Waals surface area (Å²) in [6.45, 7) is 2.29. The zero-order valence-electron chi connectivity index (χ0n) is 12.0. The number of halogens is 2. The second kappa shape index (κ2) is 7.65. The Morgan fingerprint density at radius 3 is 2.80 bits per heavy atom. The van der Waals surface area contributed by atoms with Gasteiger partial charge in [0.15, 0.2) is 0 Å². The smallest absolute Gasteiger partial charge is 0.0453 e. The maximum atomic E-state index is 6.27. The summed E-state index contributed by atoms with van der Waals surface area (Å²) in [7, 11) is 0. The van der Waals surface area contributed by atoms with E-state index in [1.54, 1.807) is 0 Å². The van der Waals surface area contributed by atoms with Gasteiger partial charge in [-0.25, -0.2) is 0 Å². The van der Waals surface area contributed by atoms with Gasteiger partial charge in [-0.15, -0.1) is 0 Å². The highest BCUT2D eigenvalue weighted by Gasteiger charge is 2.27. The second-order valence-electron chi connectivity index (χ2n) is 5.91. The van der Waals surface area contributed by atoms with Gasteiger partial charge in [-0.05, 0) is 48.8 Å². The molecule has 2 nitrogen and oxygen atoms in total. The van der Waals surface area contributed by atoms with Gasteiger partial charge in [0.1, 0.15) is 0 Å². The third kappa shape index (κ3) is 4.11. The molecule has 0 aromatic heterocycles. The summed E-state index contributed by atoms with van der Waals surface area (Å²) in [6, 6.07) is 6.01. The molecule has 0 amide bonds. The number of hydrogen-bond acceptors (Lipinski definition) is 2. The maximum Gasteiger partial charge on any atom is 0.0453 e. The third-order valence-corrected chi connectivity index (χ3v) is 5.23. The lowest BCUT2D eigenvalue weighted by molar-refractivity contribution is 0.208. The van der Waals surface area contributed by atoms with Gasteiger partial charge >= 0.3 is 0 Å². The van der Waals surface area contributed by atoms with Crippen molar-refractivity contribution in [3.05, 3.63) is 33.8 Å². The Bertz CT molecular complexity index is 436. The molecule has 0 aliphatic heterocycles. The van der Waals surface area contributed by atoms with Crippen LogP contribution in [-0.4, -0.2) is 6.04 Å². The molecule has 1 aromatic carbocycles. The highest BCUT2D eigenvalue weighted by atomic mass is 35.5. The van der Waals surface area contributed by atoms with Gasteiger partial charge in [-0.3, -0.25) is 11.3 Å². The first-order valence-electron chi connectivity index (χ1n) is 7.54. The van der Waals surface area contributed by atoms with Crippen LogP contribution in [0.2, 0.25) is 10.0 Å². The van der Waals surface area contributed by atoms with E-state index in [1.807, 2.05) is 18.2 Å². The minimum atomic E-state index is 0.294. The normalized spacial score (nSPS) is 24.6. The largest absolute Gasteiger partial charge is 0.271 e. The molecule has 1 aromatic rings. The summed E-state index contributed by atoms with van der Waals surface area (Å²) in [4.78, 5) is 0. The highest BCUT2D eigenvalue weighted by Crippen LogP contribution is 2.34. The van der Waals surface area contributed by atoms with Crippen molar-refractivity contribution in [1.29, 1.82) is 0 Å². The van der Waals surface area contributed by atoms with E-state index in [2.05, 4.69) is 12.3 Å². The van der Waals surface area contributed by atoms with E-state index in [-0.39, 0.29) is 0 Å². The van der Waals surface area contributed by atoms with Crippen LogP contribution in [0.4, 0.5) is 0 Å². The van der Waals surface area contributed by atoms with Gasteiger partial charge in [0.05, 0.1) is 0 Å². The van der Waals surface area contributed by atoms with Crippen LogP contribution < -0.4 is 11.3 Å². The van der Waals surface area contributed by atoms with Gasteiger partial charge in [0.25, 0.3) is 0 Å². The Hall–Kier alpha value is -0.280. The van der Waals surface area contributed by atoms with Crippen LogP contribution in [-0.2, 0) is 6.42 Å². The zero-order valence-corrected chi connectivity index (χ0v) is 13.6. The van der Waals surface area contributed by atoms with Crippen LogP contribution in [0.3, 0.4) is 0 Å². The van der Waals surface area contributed by atoms with Crippen molar-refractivity contribution in [1.82, 2.24) is 5.43 Å². The average molecular weight is 315 g/mol. The molecule has 1 fully saturated rings. The van der Waals surface area contributed by atoms with Crippen molar-refractivity contribution >= 4 is 23.2 Å². The molecular weight excluding hydrogens is 291 g/mol. The number of benzene rings is 1. The van der Waals surface area contributed by atoms with Crippen molar-refractivity contribution < 1.29 is 0 Å². The summed E-state index contributed by atoms with van der Waals surface area (Å²) >= 11 is 12.2. The topological polar surface area (TPSA) is 38.0 Å². The first-order chi connectivity index (χ1) is 9.63. The Kier molecular flexibility index (Phi) is 6.16. The van der Waals surface area contributed by atoms with Gasteiger partial charge in [-0.2, -0.15) is 0 Å². The Balaban J connectivity index is 2.04. The number of hydrogen-bond donors (Lipinski definition) is 2. The molecule has 1 aliphatic carbocycles. The summed E-state index contributed by atoms with van der Waals surface area (Å²) in [5.74, 6) is 7.30. The van der Waals surface area contributed by atoms with Gasteiger partial charge < -0.3 is 0 Å². The zero-order chi connectivity index (χ0) is 14.5. The van der Waals surface area contributed by atoms with Crippen LogP contribution in [0.25, 0.3) is 0 Å². The van der Waals surface area contributed by atoms with Crippen molar-refractivity contribution in [3.8, 4) is 0 Å². The van der Waals surface area contributed by atoms with E-state index in [1.165, 1.54) is 32.1 Å². The molecule has 4 heteroatoms. The standard InChI is InChI=1S/C16H24Cl2N2/c1-2-11-4-3-5-13(8-11)16(20-19)9-12-6-7-14(17)10-15(12)18/h6-7,10-11,13,16,20H,2-5,8-9,19H2,1H3. The number of hydrazine groups is 1. The molecule has 0 radical (unpaired) electrons. The third-order valence-electron chi connectivity index (χ3n) is 4.64. The predicted molar refractivity (Wildman–Crippen MR) is 87.0 cm³/mol. The second-order valence-corrected chi connectivity index (χ2v) is 6.76. The van der Waals surface area contributed by atoms with Crippen LogP contribution in [0.5, 0.6) is 0 Å². The van der Waals surface area contributed by atoms with E-state index in [4.69, 9.17) is 29.0 Å². The number of rotatable bonds is 5. The van der Waals surface area contributed by atoms with Crippen molar-refractivity contribution in [3.63, 3.8) is 0 Å². The summed E-state index contributed by atoms with van der Waals surface area (Å²) in [5, 5.41) is 1.42. The molecule has 1 aliphatic rings. The van der Waals surface area contributed by atoms with Crippen molar-refractivity contribution in [2.45, 2.75) is 51.5 Å². The van der Waals surface area contributed by atoms with Gasteiger partial charge in [0.2, 0.25) is 0 Å². The van der Waals surface area contributed by atoms with Gasteiger partial charge in [-0.1, -0.05) is 55.5 Å². The molecule has 0 bridgehead atoms. The van der Waals surface area contributed by atoms with Crippen LogP contribution in [0.1, 0.15) is 44.6 Å². The maximum absolute atomic E-state index is 6.27. The molecule has 0 saturated heterocycles. The molecule has 3 N–H and O–H groups in total. The van der Waals surface area contributed by atoms with E-state index in [0.717, 1.165) is 22.9 Å². The molecule has 20 heavy (non-hydrogen) atoms. The summed E-state index contributed by atoms with van der Waals surface area (Å²) in [6.07, 6.45) is 7.36. The lowest BCUT2D eigenvalue weighted by atomic mass is 9.75. The lowest BCUT2D eigenvalue weighted by Gasteiger charge is -2.34. The molecule has 3 atom stereocenters. The lowest BCUT2D eigenvalue weighted by Crippen LogP contribution is -2.44. The SMILES string of the molecule is CCC1CCCC(C(Cc2ccc(Cl)cc2Cl)NN)C1. The van der Waals surface area contributed by atoms with Crippen LogP contribution in [0, 0.1) is 11.8 Å². The highest BCUT2D eigenvalue weighted by molar-refractivity contribution is 6.35. The van der Waals surface area contributed by atoms with E-state index in [9.17, 15) is 0 Å². The molecule has 112 valence electrons. The molecule has 1 saturated carbocycles. The first-order valence-corrected chi connectivity index (χ1v) is 8.29. The minimum Gasteiger partial charge on any atom is -0.271 e. The molecule has 3 unspecified atom stereocenters. The molecule has 0 heterocycles. The van der Waals surface area contributed by atoms with E-state index in [0.29, 0.717) is 17.0 Å². The van der Waals surface area contributed by atoms with Gasteiger partial charge in [0, 0.05) is 16.1 Å². The fourth-order valence-electron chi connectivity index (χ4n) is 3.35. The van der Waals surface area contributed by atoms with Crippen molar-refractivity contribution in [2.75, 3.05) is 0 Å².